The third-order valence-electron chi connectivity index (χ3n) is 4.95. The number of benzene rings is 3. The number of anilines is 1. The molecular formula is C24H25ClN2O4S. The fourth-order valence-electron chi connectivity index (χ4n) is 2.98. The van der Waals surface area contributed by atoms with Gasteiger partial charge >= 0.3 is 0 Å². The second-order valence-corrected chi connectivity index (χ2v) is 9.48. The standard InChI is InChI=1S/C24H25ClN2O4S/c1-3-18-4-12-22(13-5-18)31-17-16-26-24(28)19-6-10-21(11-7-19)27(2)32(29,30)23-14-8-20(25)9-15-23/h4-15H,3,16-17H2,1-2H3,(H,26,28). The lowest BCUT2D eigenvalue weighted by molar-refractivity contribution is 0.0947. The van der Waals surface area contributed by atoms with Crippen LogP contribution >= 0.6 is 11.6 Å². The maximum Gasteiger partial charge on any atom is 0.264 e. The molecule has 0 aliphatic rings. The number of ether oxygens (including phenoxy) is 1. The van der Waals surface area contributed by atoms with E-state index in [4.69, 9.17) is 16.3 Å². The predicted molar refractivity (Wildman–Crippen MR) is 127 cm³/mol. The number of sulfonamides is 1. The molecule has 0 unspecified atom stereocenters. The average molecular weight is 473 g/mol. The lowest BCUT2D eigenvalue weighted by Gasteiger charge is -2.19. The number of amides is 1. The maximum absolute atomic E-state index is 12.8. The Morgan fingerprint density at radius 3 is 2.19 bits per heavy atom. The van der Waals surface area contributed by atoms with E-state index in [2.05, 4.69) is 12.2 Å². The molecule has 3 rings (SSSR count). The highest BCUT2D eigenvalue weighted by Gasteiger charge is 2.21. The summed E-state index contributed by atoms with van der Waals surface area (Å²) < 4.78 is 32.4. The molecule has 1 N–H and O–H groups in total. The zero-order valence-electron chi connectivity index (χ0n) is 17.9. The molecule has 0 aliphatic heterocycles. The SMILES string of the molecule is CCc1ccc(OCCNC(=O)c2ccc(N(C)S(=O)(=O)c3ccc(Cl)cc3)cc2)cc1. The van der Waals surface area contributed by atoms with Crippen LogP contribution in [0, 0.1) is 0 Å². The van der Waals surface area contributed by atoms with Crippen molar-refractivity contribution < 1.29 is 17.9 Å². The van der Waals surface area contributed by atoms with Gasteiger partial charge in [-0.25, -0.2) is 8.42 Å². The van der Waals surface area contributed by atoms with Crippen LogP contribution < -0.4 is 14.4 Å². The van der Waals surface area contributed by atoms with Crippen molar-refractivity contribution in [2.75, 3.05) is 24.5 Å². The summed E-state index contributed by atoms with van der Waals surface area (Å²) in [5.74, 6) is 0.496. The van der Waals surface area contributed by atoms with E-state index in [-0.39, 0.29) is 10.8 Å². The average Bonchev–Trinajstić information content (AvgIpc) is 2.82. The molecule has 1 amide bonds. The first-order valence-corrected chi connectivity index (χ1v) is 12.0. The van der Waals surface area contributed by atoms with Gasteiger partial charge < -0.3 is 10.1 Å². The molecule has 0 aromatic heterocycles. The Hall–Kier alpha value is -3.03. The smallest absolute Gasteiger partial charge is 0.264 e. The molecule has 0 radical (unpaired) electrons. The first-order chi connectivity index (χ1) is 15.3. The van der Waals surface area contributed by atoms with Gasteiger partial charge in [0.15, 0.2) is 0 Å². The van der Waals surface area contributed by atoms with Gasteiger partial charge in [-0.15, -0.1) is 0 Å². The second-order valence-electron chi connectivity index (χ2n) is 7.08. The number of nitrogens with one attached hydrogen (secondary N) is 1. The Balaban J connectivity index is 1.54. The highest BCUT2D eigenvalue weighted by molar-refractivity contribution is 7.92. The van der Waals surface area contributed by atoms with Crippen LogP contribution in [-0.4, -0.2) is 34.5 Å². The van der Waals surface area contributed by atoms with Gasteiger partial charge in [-0.2, -0.15) is 0 Å². The molecule has 0 spiro atoms. The van der Waals surface area contributed by atoms with Gasteiger partial charge in [-0.1, -0.05) is 30.7 Å². The molecule has 0 atom stereocenters. The number of carbonyl (C=O) groups excluding carboxylic acids is 1. The summed E-state index contributed by atoms with van der Waals surface area (Å²) in [6, 6.07) is 20.2. The number of halogens is 1. The predicted octanol–water partition coefficient (Wildman–Crippen LogP) is 4.54. The van der Waals surface area contributed by atoms with Gasteiger partial charge in [0.25, 0.3) is 15.9 Å². The van der Waals surface area contributed by atoms with E-state index < -0.39 is 10.0 Å². The van der Waals surface area contributed by atoms with Gasteiger partial charge in [-0.05, 0) is 72.6 Å². The van der Waals surface area contributed by atoms with Crippen LogP contribution in [0.3, 0.4) is 0 Å². The summed E-state index contributed by atoms with van der Waals surface area (Å²) in [6.45, 7) is 2.78. The van der Waals surface area contributed by atoms with Crippen molar-refractivity contribution in [1.82, 2.24) is 5.32 Å². The molecule has 0 bridgehead atoms. The number of nitrogens with zero attached hydrogens (tertiary/aromatic N) is 1. The molecule has 0 saturated carbocycles. The highest BCUT2D eigenvalue weighted by atomic mass is 35.5. The fourth-order valence-corrected chi connectivity index (χ4v) is 4.30. The summed E-state index contributed by atoms with van der Waals surface area (Å²) in [6.07, 6.45) is 0.970. The van der Waals surface area contributed by atoms with Crippen molar-refractivity contribution in [3.63, 3.8) is 0 Å². The first-order valence-electron chi connectivity index (χ1n) is 10.2. The van der Waals surface area contributed by atoms with E-state index in [9.17, 15) is 13.2 Å². The van der Waals surface area contributed by atoms with E-state index in [1.54, 1.807) is 24.3 Å². The van der Waals surface area contributed by atoms with Crippen LogP contribution in [0.4, 0.5) is 5.69 Å². The van der Waals surface area contributed by atoms with E-state index in [0.717, 1.165) is 16.5 Å². The zero-order chi connectivity index (χ0) is 23.1. The number of hydrogen-bond acceptors (Lipinski definition) is 4. The number of hydrogen-bond donors (Lipinski definition) is 1. The van der Waals surface area contributed by atoms with Crippen molar-refractivity contribution in [3.8, 4) is 5.75 Å². The fraction of sp³-hybridized carbons (Fsp3) is 0.208. The van der Waals surface area contributed by atoms with Crippen LogP contribution in [0.1, 0.15) is 22.8 Å². The maximum atomic E-state index is 12.8. The van der Waals surface area contributed by atoms with Crippen molar-refractivity contribution in [2.45, 2.75) is 18.2 Å². The summed E-state index contributed by atoms with van der Waals surface area (Å²) in [4.78, 5) is 12.5. The molecule has 3 aromatic rings. The van der Waals surface area contributed by atoms with Gasteiger partial charge in [-0.3, -0.25) is 9.10 Å². The summed E-state index contributed by atoms with van der Waals surface area (Å²) in [5, 5.41) is 3.25. The molecule has 32 heavy (non-hydrogen) atoms. The Labute approximate surface area is 193 Å². The van der Waals surface area contributed by atoms with Crippen molar-refractivity contribution in [2.24, 2.45) is 0 Å². The van der Waals surface area contributed by atoms with Crippen LogP contribution in [0.2, 0.25) is 5.02 Å². The topological polar surface area (TPSA) is 75.7 Å². The molecule has 0 heterocycles. The third kappa shape index (κ3) is 5.81. The zero-order valence-corrected chi connectivity index (χ0v) is 19.5. The summed E-state index contributed by atoms with van der Waals surface area (Å²) in [5.41, 5.74) is 2.11. The largest absolute Gasteiger partial charge is 0.492 e. The Bertz CT molecular complexity index is 1150. The van der Waals surface area contributed by atoms with Gasteiger partial charge in [0.1, 0.15) is 12.4 Å². The molecule has 168 valence electrons. The van der Waals surface area contributed by atoms with Crippen LogP contribution in [0.5, 0.6) is 5.75 Å². The van der Waals surface area contributed by atoms with Crippen LogP contribution in [-0.2, 0) is 16.4 Å². The molecule has 0 fully saturated rings. The summed E-state index contributed by atoms with van der Waals surface area (Å²) in [7, 11) is -2.27. The molecule has 8 heteroatoms. The molecule has 0 saturated heterocycles. The monoisotopic (exact) mass is 472 g/mol. The number of carbonyl (C=O) groups is 1. The van der Waals surface area contributed by atoms with Gasteiger partial charge in [0.2, 0.25) is 0 Å². The van der Waals surface area contributed by atoms with Gasteiger partial charge in [0, 0.05) is 17.6 Å². The van der Waals surface area contributed by atoms with E-state index >= 15 is 0 Å². The lowest BCUT2D eigenvalue weighted by atomic mass is 10.2. The van der Waals surface area contributed by atoms with Gasteiger partial charge in [0.05, 0.1) is 17.1 Å². The molecule has 6 nitrogen and oxygen atoms in total. The molecular weight excluding hydrogens is 448 g/mol. The normalized spacial score (nSPS) is 11.1. The second kappa shape index (κ2) is 10.5. The van der Waals surface area contributed by atoms with Crippen LogP contribution in [0.15, 0.2) is 77.7 Å². The summed E-state index contributed by atoms with van der Waals surface area (Å²) >= 11 is 5.84. The van der Waals surface area contributed by atoms with Crippen LogP contribution in [0.25, 0.3) is 0 Å². The molecule has 0 aliphatic carbocycles. The Morgan fingerprint density at radius 2 is 1.59 bits per heavy atom. The minimum atomic E-state index is -3.73. The highest BCUT2D eigenvalue weighted by Crippen LogP contribution is 2.23. The van der Waals surface area contributed by atoms with E-state index in [0.29, 0.717) is 29.4 Å². The van der Waals surface area contributed by atoms with E-state index in [1.807, 2.05) is 24.3 Å². The quantitative estimate of drug-likeness (QED) is 0.464. The first kappa shape index (κ1) is 23.6. The number of rotatable bonds is 9. The third-order valence-corrected chi connectivity index (χ3v) is 7.00. The van der Waals surface area contributed by atoms with E-state index in [1.165, 1.54) is 36.9 Å². The molecule has 3 aromatic carbocycles. The minimum Gasteiger partial charge on any atom is -0.492 e. The van der Waals surface area contributed by atoms with Crippen molar-refractivity contribution >= 4 is 33.2 Å². The number of aryl methyl sites for hydroxylation is 1. The Morgan fingerprint density at radius 1 is 0.969 bits per heavy atom. The van der Waals surface area contributed by atoms with Crippen molar-refractivity contribution in [3.05, 3.63) is 88.9 Å². The lowest BCUT2D eigenvalue weighted by Crippen LogP contribution is -2.28. The van der Waals surface area contributed by atoms with Crippen molar-refractivity contribution in [1.29, 1.82) is 0 Å². The minimum absolute atomic E-state index is 0.135. The Kier molecular flexibility index (Phi) is 7.77.